The van der Waals surface area contributed by atoms with E-state index in [1.807, 2.05) is 27.7 Å². The molecule has 0 N–H and O–H groups in total. The Labute approximate surface area is 64.0 Å². The largest absolute Gasteiger partial charge is 0.294 e. The summed E-state index contributed by atoms with van der Waals surface area (Å²) in [4.78, 5) is 4.08. The van der Waals surface area contributed by atoms with E-state index in [0.29, 0.717) is 0 Å². The molecule has 0 bridgehead atoms. The predicted molar refractivity (Wildman–Crippen MR) is 48.9 cm³/mol. The summed E-state index contributed by atoms with van der Waals surface area (Å²) in [6.45, 7) is 8.83. The lowest BCUT2D eigenvalue weighted by atomic mass is 10.5. The maximum atomic E-state index is 4.08. The van der Waals surface area contributed by atoms with Crippen molar-refractivity contribution in [2.75, 3.05) is 12.3 Å². The van der Waals surface area contributed by atoms with Crippen LogP contribution in [-0.2, 0) is 0 Å². The number of nitrogens with zero attached hydrogens (tertiary/aromatic N) is 1. The van der Waals surface area contributed by atoms with Gasteiger partial charge in [-0.15, -0.1) is 0 Å². The van der Waals surface area contributed by atoms with Gasteiger partial charge >= 0.3 is 0 Å². The van der Waals surface area contributed by atoms with Gasteiger partial charge in [0.2, 0.25) is 0 Å². The van der Waals surface area contributed by atoms with Crippen LogP contribution in [0.2, 0.25) is 0 Å². The molecule has 0 aromatic rings. The minimum Gasteiger partial charge on any atom is -0.294 e. The zero-order valence-corrected chi connectivity index (χ0v) is 7.70. The molecule has 0 aromatic heterocycles. The molecule has 0 saturated carbocycles. The van der Waals surface area contributed by atoms with Crippen LogP contribution in [0.4, 0.5) is 0 Å². The summed E-state index contributed by atoms with van der Waals surface area (Å²) in [5.74, 6) is 0.852. The molecule has 0 spiro atoms. The van der Waals surface area contributed by atoms with Crippen LogP contribution < -0.4 is 0 Å². The van der Waals surface area contributed by atoms with Gasteiger partial charge in [0.05, 0.1) is 0 Å². The summed E-state index contributed by atoms with van der Waals surface area (Å²) in [6.07, 6.45) is 0. The highest BCUT2D eigenvalue weighted by Crippen LogP contribution is 1.77. The van der Waals surface area contributed by atoms with Crippen molar-refractivity contribution in [3.8, 4) is 0 Å². The topological polar surface area (TPSA) is 12.4 Å². The van der Waals surface area contributed by atoms with Crippen molar-refractivity contribution in [1.82, 2.24) is 0 Å². The predicted octanol–water partition coefficient (Wildman–Crippen LogP) is 2.42. The van der Waals surface area contributed by atoms with E-state index in [1.165, 1.54) is 0 Å². The van der Waals surface area contributed by atoms with Crippen LogP contribution in [0.15, 0.2) is 4.99 Å². The Morgan fingerprint density at radius 3 is 1.89 bits per heavy atom. The van der Waals surface area contributed by atoms with E-state index in [4.69, 9.17) is 0 Å². The zero-order chi connectivity index (χ0) is 7.70. The highest BCUT2D eigenvalue weighted by Gasteiger charge is 1.74. The average Bonchev–Trinajstić information content (AvgIpc) is 1.88. The maximum absolute atomic E-state index is 4.08. The first kappa shape index (κ1) is 11.8. The first-order valence-electron chi connectivity index (χ1n) is 3.36. The van der Waals surface area contributed by atoms with Crippen molar-refractivity contribution < 1.29 is 0 Å². The third kappa shape index (κ3) is 18.0. The monoisotopic (exact) mass is 147 g/mol. The number of hydrogen-bond donors (Lipinski definition) is 1. The van der Waals surface area contributed by atoms with Crippen LogP contribution in [-0.4, -0.2) is 18.0 Å². The Balaban J connectivity index is 0. The van der Waals surface area contributed by atoms with Crippen LogP contribution in [0.5, 0.6) is 0 Å². The Morgan fingerprint density at radius 2 is 1.78 bits per heavy atom. The van der Waals surface area contributed by atoms with E-state index in [2.05, 4.69) is 17.6 Å². The lowest BCUT2D eigenvalue weighted by molar-refractivity contribution is 1.14. The van der Waals surface area contributed by atoms with E-state index in [9.17, 15) is 0 Å². The molecule has 0 aliphatic rings. The summed E-state index contributed by atoms with van der Waals surface area (Å²) >= 11 is 3.99. The van der Waals surface area contributed by atoms with Crippen molar-refractivity contribution in [1.29, 1.82) is 0 Å². The van der Waals surface area contributed by atoms with Crippen LogP contribution >= 0.6 is 12.6 Å². The molecule has 0 saturated heterocycles. The molecule has 0 aliphatic carbocycles. The van der Waals surface area contributed by atoms with E-state index in [-0.39, 0.29) is 0 Å². The molecule has 2 heteroatoms. The summed E-state index contributed by atoms with van der Waals surface area (Å²) in [7, 11) is 0. The molecule has 0 aromatic carbocycles. The van der Waals surface area contributed by atoms with Crippen molar-refractivity contribution in [2.45, 2.75) is 27.7 Å². The molecule has 0 amide bonds. The Kier molecular flexibility index (Phi) is 14.3. The number of hydrogen-bond acceptors (Lipinski definition) is 2. The van der Waals surface area contributed by atoms with Crippen LogP contribution in [0.25, 0.3) is 0 Å². The fourth-order valence-electron chi connectivity index (χ4n) is 0.274. The Morgan fingerprint density at radius 1 is 1.33 bits per heavy atom. The van der Waals surface area contributed by atoms with Gasteiger partial charge in [0, 0.05) is 18.0 Å². The first-order chi connectivity index (χ1) is 4.27. The van der Waals surface area contributed by atoms with Crippen molar-refractivity contribution in [3.63, 3.8) is 0 Å². The number of rotatable bonds is 2. The van der Waals surface area contributed by atoms with Crippen molar-refractivity contribution in [3.05, 3.63) is 0 Å². The third-order valence-corrected chi connectivity index (χ3v) is 0.728. The second-order valence-electron chi connectivity index (χ2n) is 1.55. The van der Waals surface area contributed by atoms with Crippen LogP contribution in [0.3, 0.4) is 0 Å². The number of thiol groups is 1. The van der Waals surface area contributed by atoms with Gasteiger partial charge in [-0.1, -0.05) is 13.8 Å². The summed E-state index contributed by atoms with van der Waals surface area (Å²) < 4.78 is 0. The quantitative estimate of drug-likeness (QED) is 0.455. The molecular weight excluding hydrogens is 130 g/mol. The standard InChI is InChI=1S/C5H11NS.C2H6/c1-5(2)6-3-4-7;1-2/h7H,3-4H2,1-2H3;1-2H3. The Hall–Kier alpha value is 0.0200. The molecule has 1 nitrogen and oxygen atoms in total. The van der Waals surface area contributed by atoms with Crippen molar-refractivity contribution >= 4 is 18.3 Å². The second kappa shape index (κ2) is 10.9. The molecule has 0 aliphatic heterocycles. The lowest BCUT2D eigenvalue weighted by Gasteiger charge is -1.85. The normalized spacial score (nSPS) is 7.22. The second-order valence-corrected chi connectivity index (χ2v) is 2.00. The van der Waals surface area contributed by atoms with Crippen LogP contribution in [0.1, 0.15) is 27.7 Å². The molecule has 0 radical (unpaired) electrons. The molecule has 56 valence electrons. The maximum Gasteiger partial charge on any atom is 0.0476 e. The van der Waals surface area contributed by atoms with E-state index in [0.717, 1.165) is 18.0 Å². The SMILES string of the molecule is CC.CC(C)=NCCS. The molecule has 0 rings (SSSR count). The summed E-state index contributed by atoms with van der Waals surface area (Å²) in [5, 5.41) is 0. The van der Waals surface area contributed by atoms with Gasteiger partial charge in [-0.05, 0) is 13.8 Å². The van der Waals surface area contributed by atoms with E-state index < -0.39 is 0 Å². The minimum atomic E-state index is 0.852. The van der Waals surface area contributed by atoms with Gasteiger partial charge in [-0.25, -0.2) is 0 Å². The van der Waals surface area contributed by atoms with Crippen molar-refractivity contribution in [2.24, 2.45) is 4.99 Å². The van der Waals surface area contributed by atoms with Gasteiger partial charge in [-0.2, -0.15) is 12.6 Å². The highest BCUT2D eigenvalue weighted by molar-refractivity contribution is 7.80. The molecule has 0 unspecified atom stereocenters. The minimum absolute atomic E-state index is 0.852. The summed E-state index contributed by atoms with van der Waals surface area (Å²) in [5.41, 5.74) is 1.13. The third-order valence-electron chi connectivity index (χ3n) is 0.528. The average molecular weight is 147 g/mol. The smallest absolute Gasteiger partial charge is 0.0476 e. The molecule has 0 heterocycles. The fourth-order valence-corrected chi connectivity index (χ4v) is 0.374. The van der Waals surface area contributed by atoms with Gasteiger partial charge < -0.3 is 0 Å². The lowest BCUT2D eigenvalue weighted by Crippen LogP contribution is -1.85. The zero-order valence-electron chi connectivity index (χ0n) is 6.81. The van der Waals surface area contributed by atoms with Gasteiger partial charge in [0.25, 0.3) is 0 Å². The molecule has 0 atom stereocenters. The van der Waals surface area contributed by atoms with E-state index in [1.54, 1.807) is 0 Å². The first-order valence-corrected chi connectivity index (χ1v) is 3.99. The fraction of sp³-hybridized carbons (Fsp3) is 0.857. The van der Waals surface area contributed by atoms with Gasteiger partial charge in [0.1, 0.15) is 0 Å². The van der Waals surface area contributed by atoms with Crippen LogP contribution in [0, 0.1) is 0 Å². The molecule has 9 heavy (non-hydrogen) atoms. The van der Waals surface area contributed by atoms with Gasteiger partial charge in [-0.3, -0.25) is 4.99 Å². The Bertz CT molecular complexity index is 65.3. The van der Waals surface area contributed by atoms with E-state index >= 15 is 0 Å². The molecular formula is C7H17NS. The van der Waals surface area contributed by atoms with Gasteiger partial charge in [0.15, 0.2) is 0 Å². The molecule has 0 fully saturated rings. The highest BCUT2D eigenvalue weighted by atomic mass is 32.1. The number of aliphatic imine (C=N–C) groups is 1. The summed E-state index contributed by atoms with van der Waals surface area (Å²) in [6, 6.07) is 0.